The molecule has 3 rings (SSSR count). The van der Waals surface area contributed by atoms with E-state index in [1.165, 1.54) is 18.4 Å². The SMILES string of the molecule is C#CCC1=CCC2CC1C2(C)C. The lowest BCUT2D eigenvalue weighted by atomic mass is 9.48. The van der Waals surface area contributed by atoms with Crippen LogP contribution in [0.15, 0.2) is 11.6 Å². The quantitative estimate of drug-likeness (QED) is 0.408. The maximum atomic E-state index is 5.34. The highest BCUT2D eigenvalue weighted by molar-refractivity contribution is 5.26. The van der Waals surface area contributed by atoms with Crippen LogP contribution in [0, 0.1) is 29.6 Å². The summed E-state index contributed by atoms with van der Waals surface area (Å²) in [5, 5.41) is 0. The molecule has 64 valence electrons. The normalized spacial score (nSPS) is 36.2. The van der Waals surface area contributed by atoms with Crippen molar-refractivity contribution in [1.82, 2.24) is 0 Å². The summed E-state index contributed by atoms with van der Waals surface area (Å²) in [7, 11) is 0. The van der Waals surface area contributed by atoms with Gasteiger partial charge in [-0.15, -0.1) is 12.3 Å². The van der Waals surface area contributed by atoms with Crippen LogP contribution < -0.4 is 0 Å². The molecule has 3 aliphatic carbocycles. The van der Waals surface area contributed by atoms with Crippen molar-refractivity contribution in [2.75, 3.05) is 0 Å². The van der Waals surface area contributed by atoms with Crippen LogP contribution in [0.2, 0.25) is 0 Å². The van der Waals surface area contributed by atoms with Crippen LogP contribution in [-0.4, -0.2) is 0 Å². The van der Waals surface area contributed by atoms with Crippen molar-refractivity contribution in [1.29, 1.82) is 0 Å². The Balaban J connectivity index is 2.19. The van der Waals surface area contributed by atoms with Crippen LogP contribution in [0.4, 0.5) is 0 Å². The molecular weight excluding hydrogens is 144 g/mol. The van der Waals surface area contributed by atoms with Gasteiger partial charge in [-0.2, -0.15) is 0 Å². The number of hydrogen-bond donors (Lipinski definition) is 0. The average Bonchev–Trinajstić information content (AvgIpc) is 2.05. The fourth-order valence-electron chi connectivity index (χ4n) is 2.79. The molecule has 0 aromatic carbocycles. The number of terminal acetylenes is 1. The third kappa shape index (κ3) is 0.860. The van der Waals surface area contributed by atoms with Crippen molar-refractivity contribution in [2.45, 2.75) is 33.1 Å². The van der Waals surface area contributed by atoms with Gasteiger partial charge in [0.1, 0.15) is 0 Å². The Labute approximate surface area is 75.1 Å². The zero-order chi connectivity index (χ0) is 8.77. The standard InChI is InChI=1S/C12H16/c1-4-5-9-6-7-10-8-11(9)12(10,2)3/h1,6,10-11H,5,7-8H2,2-3H3. The summed E-state index contributed by atoms with van der Waals surface area (Å²) < 4.78 is 0. The minimum absolute atomic E-state index is 0.543. The molecule has 2 unspecified atom stereocenters. The van der Waals surface area contributed by atoms with Crippen molar-refractivity contribution in [3.05, 3.63) is 11.6 Å². The van der Waals surface area contributed by atoms with Crippen molar-refractivity contribution in [3.63, 3.8) is 0 Å². The highest BCUT2D eigenvalue weighted by Crippen LogP contribution is 2.59. The topological polar surface area (TPSA) is 0 Å². The van der Waals surface area contributed by atoms with Crippen LogP contribution in [0.5, 0.6) is 0 Å². The maximum Gasteiger partial charge on any atom is 0.0299 e. The second-order valence-corrected chi connectivity index (χ2v) is 4.70. The summed E-state index contributed by atoms with van der Waals surface area (Å²) >= 11 is 0. The molecule has 0 N–H and O–H groups in total. The average molecular weight is 160 g/mol. The Morgan fingerprint density at radius 2 is 2.42 bits per heavy atom. The van der Waals surface area contributed by atoms with Crippen molar-refractivity contribution in [2.24, 2.45) is 17.3 Å². The zero-order valence-corrected chi connectivity index (χ0v) is 7.93. The lowest BCUT2D eigenvalue weighted by molar-refractivity contribution is -0.00701. The Kier molecular flexibility index (Phi) is 1.58. The molecule has 3 aliphatic rings. The first-order valence-corrected chi connectivity index (χ1v) is 4.78. The van der Waals surface area contributed by atoms with E-state index < -0.39 is 0 Å². The Morgan fingerprint density at radius 1 is 1.67 bits per heavy atom. The van der Waals surface area contributed by atoms with Crippen LogP contribution in [-0.2, 0) is 0 Å². The molecule has 0 radical (unpaired) electrons. The molecule has 0 aromatic heterocycles. The Bertz CT molecular complexity index is 262. The lowest BCUT2D eigenvalue weighted by Gasteiger charge is -2.56. The summed E-state index contributed by atoms with van der Waals surface area (Å²) in [5.74, 6) is 4.49. The van der Waals surface area contributed by atoms with Crippen molar-refractivity contribution < 1.29 is 0 Å². The van der Waals surface area contributed by atoms with Gasteiger partial charge >= 0.3 is 0 Å². The van der Waals surface area contributed by atoms with E-state index in [2.05, 4.69) is 25.8 Å². The summed E-state index contributed by atoms with van der Waals surface area (Å²) in [6, 6.07) is 0. The first kappa shape index (κ1) is 7.92. The van der Waals surface area contributed by atoms with Gasteiger partial charge in [-0.05, 0) is 30.1 Å². The van der Waals surface area contributed by atoms with Gasteiger partial charge in [0.15, 0.2) is 0 Å². The van der Waals surface area contributed by atoms with Crippen LogP contribution in [0.3, 0.4) is 0 Å². The van der Waals surface area contributed by atoms with E-state index in [0.29, 0.717) is 5.41 Å². The lowest BCUT2D eigenvalue weighted by Crippen LogP contribution is -2.47. The van der Waals surface area contributed by atoms with Gasteiger partial charge in [-0.1, -0.05) is 25.5 Å². The van der Waals surface area contributed by atoms with E-state index in [0.717, 1.165) is 18.3 Å². The third-order valence-corrected chi connectivity index (χ3v) is 3.89. The number of allylic oxidation sites excluding steroid dienone is 2. The second kappa shape index (κ2) is 2.39. The molecule has 0 spiro atoms. The molecule has 2 bridgehead atoms. The van der Waals surface area contributed by atoms with E-state index in [4.69, 9.17) is 6.42 Å². The minimum Gasteiger partial charge on any atom is -0.120 e. The number of hydrogen-bond acceptors (Lipinski definition) is 0. The first-order valence-electron chi connectivity index (χ1n) is 4.78. The fourth-order valence-corrected chi connectivity index (χ4v) is 2.79. The molecule has 0 nitrogen and oxygen atoms in total. The van der Waals surface area contributed by atoms with E-state index in [-0.39, 0.29) is 0 Å². The highest BCUT2D eigenvalue weighted by Gasteiger charge is 2.50. The van der Waals surface area contributed by atoms with Gasteiger partial charge in [0.05, 0.1) is 0 Å². The van der Waals surface area contributed by atoms with E-state index in [1.54, 1.807) is 0 Å². The number of fused-ring (bicyclic) bond motifs is 1. The van der Waals surface area contributed by atoms with Gasteiger partial charge in [0, 0.05) is 6.42 Å². The Morgan fingerprint density at radius 3 is 2.92 bits per heavy atom. The van der Waals surface area contributed by atoms with Gasteiger partial charge in [-0.3, -0.25) is 0 Å². The van der Waals surface area contributed by atoms with Crippen molar-refractivity contribution in [3.8, 4) is 12.3 Å². The Hall–Kier alpha value is -0.700. The molecule has 0 saturated heterocycles. The molecule has 0 heterocycles. The molecule has 0 heteroatoms. The number of rotatable bonds is 1. The second-order valence-electron chi connectivity index (χ2n) is 4.70. The predicted octanol–water partition coefficient (Wildman–Crippen LogP) is 3.00. The predicted molar refractivity (Wildman–Crippen MR) is 51.5 cm³/mol. The van der Waals surface area contributed by atoms with Crippen LogP contribution >= 0.6 is 0 Å². The molecule has 12 heavy (non-hydrogen) atoms. The summed E-state index contributed by atoms with van der Waals surface area (Å²) in [6.45, 7) is 4.77. The fraction of sp³-hybridized carbons (Fsp3) is 0.667. The molecule has 0 amide bonds. The van der Waals surface area contributed by atoms with Gasteiger partial charge in [0.25, 0.3) is 0 Å². The molecule has 0 aromatic rings. The molecule has 2 atom stereocenters. The largest absolute Gasteiger partial charge is 0.120 e. The smallest absolute Gasteiger partial charge is 0.0299 e. The van der Waals surface area contributed by atoms with Gasteiger partial charge in [-0.25, -0.2) is 0 Å². The monoisotopic (exact) mass is 160 g/mol. The highest BCUT2D eigenvalue weighted by atomic mass is 14.5. The summed E-state index contributed by atoms with van der Waals surface area (Å²) in [4.78, 5) is 0. The molecule has 0 aliphatic heterocycles. The molecule has 1 saturated carbocycles. The minimum atomic E-state index is 0.543. The zero-order valence-electron chi connectivity index (χ0n) is 7.93. The van der Waals surface area contributed by atoms with E-state index >= 15 is 0 Å². The summed E-state index contributed by atoms with van der Waals surface area (Å²) in [6.07, 6.45) is 11.2. The first-order chi connectivity index (χ1) is 5.66. The summed E-state index contributed by atoms with van der Waals surface area (Å²) in [5.41, 5.74) is 2.08. The van der Waals surface area contributed by atoms with E-state index in [9.17, 15) is 0 Å². The maximum absolute atomic E-state index is 5.34. The van der Waals surface area contributed by atoms with Crippen LogP contribution in [0.25, 0.3) is 0 Å². The molecule has 1 fully saturated rings. The van der Waals surface area contributed by atoms with E-state index in [1.807, 2.05) is 0 Å². The molecular formula is C12H16. The van der Waals surface area contributed by atoms with Gasteiger partial charge in [0.2, 0.25) is 0 Å². The van der Waals surface area contributed by atoms with Crippen LogP contribution in [0.1, 0.15) is 33.1 Å². The third-order valence-electron chi connectivity index (χ3n) is 3.89. The van der Waals surface area contributed by atoms with Crippen molar-refractivity contribution >= 4 is 0 Å². The van der Waals surface area contributed by atoms with Gasteiger partial charge < -0.3 is 0 Å².